The summed E-state index contributed by atoms with van der Waals surface area (Å²) in [7, 11) is 0. The van der Waals surface area contributed by atoms with Crippen LogP contribution in [0, 0.1) is 0 Å². The Morgan fingerprint density at radius 3 is 1.79 bits per heavy atom. The molecule has 0 heterocycles. The molecule has 118 valence electrons. The molecule has 0 bridgehead atoms. The first-order chi connectivity index (χ1) is 11.8. The second-order valence-electron chi connectivity index (χ2n) is 5.75. The SMILES string of the molecule is C/C(=C\C(=NCc1ccccc1)c1ccccc1)c1ccccc1. The van der Waals surface area contributed by atoms with Gasteiger partial charge in [-0.1, -0.05) is 91.0 Å². The summed E-state index contributed by atoms with van der Waals surface area (Å²) in [4.78, 5) is 4.87. The molecule has 0 N–H and O–H groups in total. The molecule has 0 aliphatic heterocycles. The largest absolute Gasteiger partial charge is 0.280 e. The number of nitrogens with zero attached hydrogens (tertiary/aromatic N) is 1. The van der Waals surface area contributed by atoms with Gasteiger partial charge in [0.25, 0.3) is 0 Å². The van der Waals surface area contributed by atoms with Gasteiger partial charge < -0.3 is 0 Å². The highest BCUT2D eigenvalue weighted by molar-refractivity contribution is 6.12. The van der Waals surface area contributed by atoms with Crippen molar-refractivity contribution in [2.75, 3.05) is 0 Å². The third-order valence-electron chi connectivity index (χ3n) is 3.93. The fourth-order valence-electron chi connectivity index (χ4n) is 2.58. The van der Waals surface area contributed by atoms with E-state index in [1.54, 1.807) is 0 Å². The third-order valence-corrected chi connectivity index (χ3v) is 3.93. The summed E-state index contributed by atoms with van der Waals surface area (Å²) in [6, 6.07) is 31.2. The Morgan fingerprint density at radius 2 is 1.21 bits per heavy atom. The van der Waals surface area contributed by atoms with Crippen LogP contribution in [0.4, 0.5) is 0 Å². The van der Waals surface area contributed by atoms with Crippen molar-refractivity contribution in [2.45, 2.75) is 13.5 Å². The molecule has 0 fully saturated rings. The molecule has 1 nitrogen and oxygen atoms in total. The number of hydrogen-bond acceptors (Lipinski definition) is 1. The lowest BCUT2D eigenvalue weighted by Gasteiger charge is -2.06. The predicted molar refractivity (Wildman–Crippen MR) is 103 cm³/mol. The first-order valence-electron chi connectivity index (χ1n) is 8.20. The molecule has 0 atom stereocenters. The van der Waals surface area contributed by atoms with Gasteiger partial charge in [0.1, 0.15) is 0 Å². The van der Waals surface area contributed by atoms with Gasteiger partial charge in [0.05, 0.1) is 12.3 Å². The van der Waals surface area contributed by atoms with Crippen LogP contribution in [0.3, 0.4) is 0 Å². The summed E-state index contributed by atoms with van der Waals surface area (Å²) in [6.07, 6.45) is 2.17. The summed E-state index contributed by atoms with van der Waals surface area (Å²) in [6.45, 7) is 2.82. The molecular weight excluding hydrogens is 290 g/mol. The Hall–Kier alpha value is -2.93. The summed E-state index contributed by atoms with van der Waals surface area (Å²) in [5.74, 6) is 0. The van der Waals surface area contributed by atoms with E-state index in [1.165, 1.54) is 16.7 Å². The topological polar surface area (TPSA) is 12.4 Å². The molecule has 0 aromatic heterocycles. The highest BCUT2D eigenvalue weighted by Crippen LogP contribution is 2.16. The van der Waals surface area contributed by atoms with E-state index in [4.69, 9.17) is 4.99 Å². The van der Waals surface area contributed by atoms with Crippen LogP contribution in [0.5, 0.6) is 0 Å². The van der Waals surface area contributed by atoms with Gasteiger partial charge in [-0.3, -0.25) is 4.99 Å². The maximum atomic E-state index is 4.87. The zero-order valence-corrected chi connectivity index (χ0v) is 13.9. The lowest BCUT2D eigenvalue weighted by atomic mass is 10.0. The van der Waals surface area contributed by atoms with E-state index in [0.717, 1.165) is 11.3 Å². The minimum Gasteiger partial charge on any atom is -0.280 e. The Morgan fingerprint density at radius 1 is 0.708 bits per heavy atom. The maximum Gasteiger partial charge on any atom is 0.0653 e. The molecule has 0 unspecified atom stereocenters. The average Bonchev–Trinajstić information content (AvgIpc) is 2.67. The lowest BCUT2D eigenvalue weighted by Crippen LogP contribution is -1.99. The smallest absolute Gasteiger partial charge is 0.0653 e. The zero-order chi connectivity index (χ0) is 16.6. The molecule has 0 saturated carbocycles. The van der Waals surface area contributed by atoms with E-state index in [-0.39, 0.29) is 0 Å². The van der Waals surface area contributed by atoms with Crippen LogP contribution in [-0.2, 0) is 6.54 Å². The zero-order valence-electron chi connectivity index (χ0n) is 13.9. The monoisotopic (exact) mass is 311 g/mol. The van der Waals surface area contributed by atoms with Crippen molar-refractivity contribution in [1.82, 2.24) is 0 Å². The van der Waals surface area contributed by atoms with Gasteiger partial charge in [-0.2, -0.15) is 0 Å². The fourth-order valence-corrected chi connectivity index (χ4v) is 2.58. The molecule has 0 aliphatic carbocycles. The van der Waals surface area contributed by atoms with Crippen LogP contribution in [-0.4, -0.2) is 5.71 Å². The summed E-state index contributed by atoms with van der Waals surface area (Å²) >= 11 is 0. The molecule has 0 amide bonds. The maximum absolute atomic E-state index is 4.87. The van der Waals surface area contributed by atoms with E-state index in [1.807, 2.05) is 18.2 Å². The quantitative estimate of drug-likeness (QED) is 0.530. The minimum atomic E-state index is 0.684. The van der Waals surface area contributed by atoms with Crippen LogP contribution >= 0.6 is 0 Å². The van der Waals surface area contributed by atoms with Gasteiger partial charge in [0.2, 0.25) is 0 Å². The molecule has 0 spiro atoms. The third kappa shape index (κ3) is 4.30. The molecule has 0 aliphatic rings. The van der Waals surface area contributed by atoms with E-state index in [0.29, 0.717) is 6.54 Å². The highest BCUT2D eigenvalue weighted by Gasteiger charge is 2.02. The number of benzene rings is 3. The van der Waals surface area contributed by atoms with Crippen LogP contribution in [0.2, 0.25) is 0 Å². The molecule has 3 aromatic carbocycles. The van der Waals surface area contributed by atoms with Crippen LogP contribution in [0.1, 0.15) is 23.6 Å². The number of allylic oxidation sites excluding steroid dienone is 2. The molecule has 3 aromatic rings. The van der Waals surface area contributed by atoms with Crippen LogP contribution in [0.15, 0.2) is 102 Å². The van der Waals surface area contributed by atoms with Crippen molar-refractivity contribution in [3.63, 3.8) is 0 Å². The first kappa shape index (κ1) is 15.9. The fraction of sp³-hybridized carbons (Fsp3) is 0.0870. The minimum absolute atomic E-state index is 0.684. The van der Waals surface area contributed by atoms with Gasteiger partial charge in [-0.15, -0.1) is 0 Å². The predicted octanol–water partition coefficient (Wildman–Crippen LogP) is 5.78. The van der Waals surface area contributed by atoms with Crippen molar-refractivity contribution in [2.24, 2.45) is 4.99 Å². The van der Waals surface area contributed by atoms with Crippen molar-refractivity contribution < 1.29 is 0 Å². The van der Waals surface area contributed by atoms with E-state index in [9.17, 15) is 0 Å². The van der Waals surface area contributed by atoms with Crippen LogP contribution in [0.25, 0.3) is 5.57 Å². The van der Waals surface area contributed by atoms with E-state index < -0.39 is 0 Å². The number of hydrogen-bond donors (Lipinski definition) is 0. The Bertz CT molecular complexity index is 816. The van der Waals surface area contributed by atoms with Crippen LogP contribution < -0.4 is 0 Å². The normalized spacial score (nSPS) is 12.2. The van der Waals surface area contributed by atoms with Crippen molar-refractivity contribution in [3.05, 3.63) is 114 Å². The summed E-state index contributed by atoms with van der Waals surface area (Å²) in [5.41, 5.74) is 5.81. The second-order valence-corrected chi connectivity index (χ2v) is 5.75. The van der Waals surface area contributed by atoms with Gasteiger partial charge in [0, 0.05) is 0 Å². The highest BCUT2D eigenvalue weighted by atomic mass is 14.7. The summed E-state index contributed by atoms with van der Waals surface area (Å²) < 4.78 is 0. The Balaban J connectivity index is 1.94. The van der Waals surface area contributed by atoms with E-state index in [2.05, 4.69) is 85.8 Å². The van der Waals surface area contributed by atoms with Gasteiger partial charge in [-0.05, 0) is 35.3 Å². The van der Waals surface area contributed by atoms with Crippen molar-refractivity contribution in [1.29, 1.82) is 0 Å². The second kappa shape index (κ2) is 8.07. The molecule has 0 radical (unpaired) electrons. The van der Waals surface area contributed by atoms with Gasteiger partial charge >= 0.3 is 0 Å². The standard InChI is InChI=1S/C23H21N/c1-19(21-13-7-3-8-14-21)17-23(22-15-9-4-10-16-22)24-18-20-11-5-2-6-12-20/h2-17H,18H2,1H3/b19-17+,24-23?. The number of rotatable bonds is 5. The lowest BCUT2D eigenvalue weighted by molar-refractivity contribution is 1.07. The Kier molecular flexibility index (Phi) is 5.36. The molecule has 24 heavy (non-hydrogen) atoms. The first-order valence-corrected chi connectivity index (χ1v) is 8.20. The summed E-state index contributed by atoms with van der Waals surface area (Å²) in [5, 5.41) is 0. The molecule has 1 heteroatoms. The molecule has 0 saturated heterocycles. The molecular formula is C23H21N. The van der Waals surface area contributed by atoms with E-state index >= 15 is 0 Å². The van der Waals surface area contributed by atoms with Crippen molar-refractivity contribution >= 4 is 11.3 Å². The average molecular weight is 311 g/mol. The molecule has 3 rings (SSSR count). The van der Waals surface area contributed by atoms with Crippen molar-refractivity contribution in [3.8, 4) is 0 Å². The van der Waals surface area contributed by atoms with Gasteiger partial charge in [-0.25, -0.2) is 0 Å². The number of aliphatic imine (C=N–C) groups is 1. The van der Waals surface area contributed by atoms with Gasteiger partial charge in [0.15, 0.2) is 0 Å². The Labute approximate surface area is 144 Å².